The third-order valence-corrected chi connectivity index (χ3v) is 4.75. The highest BCUT2D eigenvalue weighted by Gasteiger charge is 2.47. The average Bonchev–Trinajstić information content (AvgIpc) is 2.39. The molecule has 1 fully saturated rings. The van der Waals surface area contributed by atoms with Crippen LogP contribution >= 0.6 is 0 Å². The van der Waals surface area contributed by atoms with Crippen LogP contribution in [0.25, 0.3) is 0 Å². The quantitative estimate of drug-likeness (QED) is 0.729. The van der Waals surface area contributed by atoms with E-state index in [9.17, 15) is 9.59 Å². The number of amides is 2. The van der Waals surface area contributed by atoms with Gasteiger partial charge < -0.3 is 5.32 Å². The van der Waals surface area contributed by atoms with Gasteiger partial charge in [-0.3, -0.25) is 14.5 Å². The molecule has 3 rings (SSSR count). The van der Waals surface area contributed by atoms with Crippen LogP contribution in [0.4, 0.5) is 0 Å². The molecule has 0 aromatic rings. The van der Waals surface area contributed by atoms with Crippen molar-refractivity contribution < 1.29 is 9.59 Å². The number of allylic oxidation sites excluding steroid dienone is 1. The number of rotatable bonds is 0. The molecule has 2 amide bonds. The Hall–Kier alpha value is -1.32. The van der Waals surface area contributed by atoms with Gasteiger partial charge in [0.05, 0.1) is 0 Å². The van der Waals surface area contributed by atoms with Gasteiger partial charge in [0.2, 0.25) is 5.91 Å². The van der Waals surface area contributed by atoms with Crippen LogP contribution in [0.5, 0.6) is 0 Å². The lowest BCUT2D eigenvalue weighted by molar-refractivity contribution is -0.141. The Kier molecular flexibility index (Phi) is 3.11. The fourth-order valence-corrected chi connectivity index (χ4v) is 3.96. The van der Waals surface area contributed by atoms with Gasteiger partial charge in [0.25, 0.3) is 5.91 Å². The average molecular weight is 262 g/mol. The maximum Gasteiger partial charge on any atom is 0.250 e. The molecule has 0 aromatic heterocycles. The van der Waals surface area contributed by atoms with E-state index < -0.39 is 5.66 Å². The van der Waals surface area contributed by atoms with Gasteiger partial charge in [0, 0.05) is 18.2 Å². The van der Waals surface area contributed by atoms with Gasteiger partial charge in [-0.1, -0.05) is 6.42 Å². The number of carbonyl (C=O) groups excluding carboxylic acids is 2. The number of hydrogen-bond donors (Lipinski definition) is 1. The van der Waals surface area contributed by atoms with E-state index >= 15 is 0 Å². The molecule has 1 spiro atoms. The van der Waals surface area contributed by atoms with Crippen LogP contribution in [0.3, 0.4) is 0 Å². The maximum atomic E-state index is 12.4. The summed E-state index contributed by atoms with van der Waals surface area (Å²) in [6.45, 7) is 1.63. The van der Waals surface area contributed by atoms with E-state index in [1.54, 1.807) is 6.92 Å². The molecule has 1 N–H and O–H groups in total. The molecule has 4 nitrogen and oxygen atoms in total. The second-order valence-electron chi connectivity index (χ2n) is 6.03. The second-order valence-corrected chi connectivity index (χ2v) is 6.03. The van der Waals surface area contributed by atoms with Gasteiger partial charge >= 0.3 is 0 Å². The van der Waals surface area contributed by atoms with Crippen LogP contribution in [0.2, 0.25) is 0 Å². The van der Waals surface area contributed by atoms with E-state index in [1.165, 1.54) is 6.42 Å². The fourth-order valence-electron chi connectivity index (χ4n) is 3.96. The Morgan fingerprint density at radius 2 is 1.79 bits per heavy atom. The van der Waals surface area contributed by atoms with Crippen LogP contribution in [0.15, 0.2) is 11.3 Å². The highest BCUT2D eigenvalue weighted by Crippen LogP contribution is 2.41. The zero-order valence-corrected chi connectivity index (χ0v) is 11.6. The molecule has 3 aliphatic rings. The highest BCUT2D eigenvalue weighted by atomic mass is 16.2. The Morgan fingerprint density at radius 3 is 2.47 bits per heavy atom. The molecule has 2 aliphatic carbocycles. The summed E-state index contributed by atoms with van der Waals surface area (Å²) >= 11 is 0. The highest BCUT2D eigenvalue weighted by molar-refractivity contribution is 5.97. The molecular formula is C15H22N2O2. The monoisotopic (exact) mass is 262 g/mol. The van der Waals surface area contributed by atoms with Gasteiger partial charge in [-0.2, -0.15) is 0 Å². The van der Waals surface area contributed by atoms with Crippen molar-refractivity contribution in [1.82, 2.24) is 10.2 Å². The smallest absolute Gasteiger partial charge is 0.250 e. The lowest BCUT2D eigenvalue weighted by atomic mass is 9.82. The summed E-state index contributed by atoms with van der Waals surface area (Å²) in [5.74, 6) is 0.158. The van der Waals surface area contributed by atoms with Crippen LogP contribution in [-0.4, -0.2) is 22.4 Å². The summed E-state index contributed by atoms with van der Waals surface area (Å²) in [4.78, 5) is 26.5. The van der Waals surface area contributed by atoms with Crippen molar-refractivity contribution in [2.24, 2.45) is 0 Å². The molecule has 4 heteroatoms. The molecule has 104 valence electrons. The lowest BCUT2D eigenvalue weighted by Gasteiger charge is -2.51. The van der Waals surface area contributed by atoms with Crippen molar-refractivity contribution in [2.75, 3.05) is 0 Å². The van der Waals surface area contributed by atoms with Crippen molar-refractivity contribution in [2.45, 2.75) is 70.4 Å². The van der Waals surface area contributed by atoms with Crippen LogP contribution in [0, 0.1) is 0 Å². The third-order valence-electron chi connectivity index (χ3n) is 4.75. The van der Waals surface area contributed by atoms with Gasteiger partial charge in [-0.05, 0) is 51.4 Å². The van der Waals surface area contributed by atoms with E-state index in [0.717, 1.165) is 62.6 Å². The summed E-state index contributed by atoms with van der Waals surface area (Å²) in [6, 6.07) is 0. The Labute approximate surface area is 114 Å². The first-order valence-electron chi connectivity index (χ1n) is 7.49. The molecular weight excluding hydrogens is 240 g/mol. The van der Waals surface area contributed by atoms with Crippen molar-refractivity contribution >= 4 is 11.8 Å². The van der Waals surface area contributed by atoms with Crippen molar-refractivity contribution in [3.05, 3.63) is 11.3 Å². The van der Waals surface area contributed by atoms with Crippen molar-refractivity contribution in [3.63, 3.8) is 0 Å². The lowest BCUT2D eigenvalue weighted by Crippen LogP contribution is -2.66. The van der Waals surface area contributed by atoms with E-state index in [-0.39, 0.29) is 11.8 Å². The van der Waals surface area contributed by atoms with Gasteiger partial charge in [0.15, 0.2) is 0 Å². The standard InChI is InChI=1S/C15H22N2O2/c1-11(18)17-13-8-4-3-7-12(13)14(19)16-15(17)9-5-2-6-10-15/h2-10H2,1H3,(H,16,19). The molecule has 0 aromatic carbocycles. The van der Waals surface area contributed by atoms with Crippen molar-refractivity contribution in [1.29, 1.82) is 0 Å². The van der Waals surface area contributed by atoms with E-state index in [4.69, 9.17) is 0 Å². The fraction of sp³-hybridized carbons (Fsp3) is 0.733. The molecule has 0 radical (unpaired) electrons. The molecule has 0 atom stereocenters. The van der Waals surface area contributed by atoms with Crippen LogP contribution < -0.4 is 5.32 Å². The minimum absolute atomic E-state index is 0.0779. The number of nitrogens with one attached hydrogen (secondary N) is 1. The SMILES string of the molecule is CC(=O)N1C2=C(CCCC2)C(=O)NC12CCCCC2. The summed E-state index contributed by atoms with van der Waals surface area (Å²) in [6.07, 6.45) is 9.03. The van der Waals surface area contributed by atoms with E-state index in [0.29, 0.717) is 0 Å². The Balaban J connectivity index is 2.05. The first-order chi connectivity index (χ1) is 9.14. The molecule has 0 saturated heterocycles. The summed E-state index contributed by atoms with van der Waals surface area (Å²) in [5, 5.41) is 3.17. The zero-order chi connectivity index (χ0) is 13.5. The minimum Gasteiger partial charge on any atom is -0.329 e. The van der Waals surface area contributed by atoms with E-state index in [1.807, 2.05) is 4.90 Å². The first-order valence-corrected chi connectivity index (χ1v) is 7.49. The summed E-state index contributed by atoms with van der Waals surface area (Å²) in [7, 11) is 0. The predicted molar refractivity (Wildman–Crippen MR) is 72.0 cm³/mol. The molecule has 1 aliphatic heterocycles. The van der Waals surface area contributed by atoms with Crippen molar-refractivity contribution in [3.8, 4) is 0 Å². The topological polar surface area (TPSA) is 49.4 Å². The zero-order valence-electron chi connectivity index (χ0n) is 11.6. The number of nitrogens with zero attached hydrogens (tertiary/aromatic N) is 1. The van der Waals surface area contributed by atoms with E-state index in [2.05, 4.69) is 5.32 Å². The Bertz CT molecular complexity index is 447. The molecule has 1 saturated carbocycles. The second kappa shape index (κ2) is 4.66. The molecule has 0 bridgehead atoms. The predicted octanol–water partition coefficient (Wildman–Crippen LogP) is 2.45. The maximum absolute atomic E-state index is 12.4. The number of hydrogen-bond acceptors (Lipinski definition) is 2. The van der Waals surface area contributed by atoms with Gasteiger partial charge in [0.1, 0.15) is 5.66 Å². The van der Waals surface area contributed by atoms with Gasteiger partial charge in [-0.15, -0.1) is 0 Å². The molecule has 19 heavy (non-hydrogen) atoms. The summed E-state index contributed by atoms with van der Waals surface area (Å²) in [5.41, 5.74) is 1.46. The van der Waals surface area contributed by atoms with Gasteiger partial charge in [-0.25, -0.2) is 0 Å². The molecule has 1 heterocycles. The number of carbonyl (C=O) groups is 2. The Morgan fingerprint density at radius 1 is 1.11 bits per heavy atom. The largest absolute Gasteiger partial charge is 0.329 e. The first kappa shape index (κ1) is 12.7. The van der Waals surface area contributed by atoms with Crippen LogP contribution in [-0.2, 0) is 9.59 Å². The summed E-state index contributed by atoms with van der Waals surface area (Å²) < 4.78 is 0. The third kappa shape index (κ3) is 1.97. The molecule has 0 unspecified atom stereocenters. The van der Waals surface area contributed by atoms with Crippen LogP contribution in [0.1, 0.15) is 64.7 Å². The normalized spacial score (nSPS) is 26.2. The minimum atomic E-state index is -0.419.